The molecule has 5 heteroatoms. The Balaban J connectivity index is 2.27. The highest BCUT2D eigenvalue weighted by atomic mass is 79.9. The van der Waals surface area contributed by atoms with Gasteiger partial charge in [0.25, 0.3) is 0 Å². The number of pyridine rings is 1. The molecule has 2 aromatic rings. The van der Waals surface area contributed by atoms with Crippen molar-refractivity contribution in [1.29, 1.82) is 0 Å². The van der Waals surface area contributed by atoms with Gasteiger partial charge in [-0.1, -0.05) is 41.4 Å². The molecule has 1 aromatic heterocycles. The van der Waals surface area contributed by atoms with E-state index < -0.39 is 0 Å². The van der Waals surface area contributed by atoms with Gasteiger partial charge in [-0.25, -0.2) is 0 Å². The Morgan fingerprint density at radius 1 is 1.29 bits per heavy atom. The summed E-state index contributed by atoms with van der Waals surface area (Å²) >= 11 is 9.60. The van der Waals surface area contributed by atoms with E-state index in [9.17, 15) is 0 Å². The average molecular weight is 370 g/mol. The van der Waals surface area contributed by atoms with Crippen LogP contribution in [0.15, 0.2) is 34.9 Å². The van der Waals surface area contributed by atoms with Gasteiger partial charge < -0.3 is 10.1 Å². The summed E-state index contributed by atoms with van der Waals surface area (Å²) in [5.74, 6) is 1.41. The number of ether oxygens (including phenoxy) is 1. The van der Waals surface area contributed by atoms with Crippen molar-refractivity contribution in [3.8, 4) is 11.5 Å². The van der Waals surface area contributed by atoms with Crippen LogP contribution in [0.1, 0.15) is 25.1 Å². The zero-order valence-corrected chi connectivity index (χ0v) is 14.6. The summed E-state index contributed by atoms with van der Waals surface area (Å²) in [5, 5.41) is 3.94. The van der Waals surface area contributed by atoms with Gasteiger partial charge >= 0.3 is 0 Å². The molecule has 0 spiro atoms. The lowest BCUT2D eigenvalue weighted by molar-refractivity contribution is 0.468. The van der Waals surface area contributed by atoms with Gasteiger partial charge in [0.15, 0.2) is 0 Å². The molecule has 0 fully saturated rings. The quantitative estimate of drug-likeness (QED) is 0.796. The van der Waals surface area contributed by atoms with Crippen LogP contribution in [0, 0.1) is 6.92 Å². The van der Waals surface area contributed by atoms with Crippen molar-refractivity contribution in [2.24, 2.45) is 0 Å². The zero-order chi connectivity index (χ0) is 15.4. The minimum absolute atomic E-state index is 0.399. The van der Waals surface area contributed by atoms with Crippen molar-refractivity contribution in [2.75, 3.05) is 0 Å². The lowest BCUT2D eigenvalue weighted by Crippen LogP contribution is -2.22. The van der Waals surface area contributed by atoms with Crippen molar-refractivity contribution in [3.63, 3.8) is 0 Å². The predicted molar refractivity (Wildman–Crippen MR) is 90.2 cm³/mol. The third kappa shape index (κ3) is 4.70. The molecule has 0 aliphatic rings. The first-order chi connectivity index (χ1) is 9.95. The van der Waals surface area contributed by atoms with Crippen LogP contribution in [0.25, 0.3) is 0 Å². The molecule has 0 saturated heterocycles. The molecule has 1 aromatic carbocycles. The van der Waals surface area contributed by atoms with Crippen molar-refractivity contribution in [2.45, 2.75) is 33.4 Å². The molecule has 0 aliphatic carbocycles. The van der Waals surface area contributed by atoms with Gasteiger partial charge in [-0.15, -0.1) is 0 Å². The molecule has 0 amide bonds. The molecule has 0 atom stereocenters. The maximum atomic E-state index is 6.21. The van der Waals surface area contributed by atoms with E-state index >= 15 is 0 Å². The lowest BCUT2D eigenvalue weighted by Gasteiger charge is -2.14. The maximum absolute atomic E-state index is 6.21. The van der Waals surface area contributed by atoms with E-state index in [1.165, 1.54) is 0 Å². The molecule has 1 heterocycles. The smallest absolute Gasteiger partial charge is 0.146 e. The first-order valence-electron chi connectivity index (χ1n) is 6.77. The largest absolute Gasteiger partial charge is 0.455 e. The highest BCUT2D eigenvalue weighted by Gasteiger charge is 2.10. The number of aryl methyl sites for hydroxylation is 1. The minimum atomic E-state index is 0.399. The summed E-state index contributed by atoms with van der Waals surface area (Å²) in [4.78, 5) is 4.34. The van der Waals surface area contributed by atoms with E-state index in [0.29, 0.717) is 23.4 Å². The molecule has 0 bridgehead atoms. The van der Waals surface area contributed by atoms with E-state index in [0.717, 1.165) is 21.5 Å². The topological polar surface area (TPSA) is 34.1 Å². The third-order valence-electron chi connectivity index (χ3n) is 2.90. The molecule has 0 saturated carbocycles. The fourth-order valence-corrected chi connectivity index (χ4v) is 2.49. The standard InChI is InChI=1S/C16H18BrClN2O/c1-10(2)19-8-12-9-20-11(3)6-16(12)21-15-5-4-13(17)7-14(15)18/h4-7,9-10,19H,8H2,1-3H3. The molecule has 21 heavy (non-hydrogen) atoms. The van der Waals surface area contributed by atoms with Crippen LogP contribution in [-0.2, 0) is 6.54 Å². The van der Waals surface area contributed by atoms with E-state index in [2.05, 4.69) is 40.1 Å². The summed E-state index contributed by atoms with van der Waals surface area (Å²) in [6.45, 7) is 6.85. The molecular weight excluding hydrogens is 352 g/mol. The summed E-state index contributed by atoms with van der Waals surface area (Å²) in [6, 6.07) is 7.89. The Labute approximate surface area is 138 Å². The Morgan fingerprint density at radius 2 is 2.05 bits per heavy atom. The van der Waals surface area contributed by atoms with Gasteiger partial charge in [-0.2, -0.15) is 0 Å². The van der Waals surface area contributed by atoms with Gasteiger partial charge in [0.05, 0.1) is 5.02 Å². The highest BCUT2D eigenvalue weighted by molar-refractivity contribution is 9.10. The molecule has 2 rings (SSSR count). The number of nitrogens with zero attached hydrogens (tertiary/aromatic N) is 1. The molecule has 0 aliphatic heterocycles. The molecule has 1 N–H and O–H groups in total. The SMILES string of the molecule is Cc1cc(Oc2ccc(Br)cc2Cl)c(CNC(C)C)cn1. The lowest BCUT2D eigenvalue weighted by atomic mass is 10.2. The first kappa shape index (κ1) is 16.3. The van der Waals surface area contributed by atoms with Crippen LogP contribution >= 0.6 is 27.5 Å². The van der Waals surface area contributed by atoms with Crippen LogP contribution < -0.4 is 10.1 Å². The highest BCUT2D eigenvalue weighted by Crippen LogP contribution is 2.33. The Kier molecular flexibility index (Phi) is 5.62. The van der Waals surface area contributed by atoms with Crippen LogP contribution in [-0.4, -0.2) is 11.0 Å². The van der Waals surface area contributed by atoms with Gasteiger partial charge in [0, 0.05) is 40.6 Å². The Morgan fingerprint density at radius 3 is 2.71 bits per heavy atom. The summed E-state index contributed by atoms with van der Waals surface area (Å²) in [5.41, 5.74) is 1.92. The van der Waals surface area contributed by atoms with Gasteiger partial charge in [-0.05, 0) is 25.1 Å². The van der Waals surface area contributed by atoms with Crippen LogP contribution in [0.2, 0.25) is 5.02 Å². The van der Waals surface area contributed by atoms with E-state index in [1.54, 1.807) is 0 Å². The second-order valence-corrected chi connectivity index (χ2v) is 6.47. The van der Waals surface area contributed by atoms with E-state index in [1.807, 2.05) is 37.4 Å². The fraction of sp³-hybridized carbons (Fsp3) is 0.312. The number of halogens is 2. The maximum Gasteiger partial charge on any atom is 0.146 e. The van der Waals surface area contributed by atoms with Crippen molar-refractivity contribution >= 4 is 27.5 Å². The van der Waals surface area contributed by atoms with Crippen molar-refractivity contribution in [1.82, 2.24) is 10.3 Å². The van der Waals surface area contributed by atoms with Crippen LogP contribution in [0.5, 0.6) is 11.5 Å². The number of nitrogens with one attached hydrogen (secondary N) is 1. The fourth-order valence-electron chi connectivity index (χ4n) is 1.78. The zero-order valence-electron chi connectivity index (χ0n) is 12.3. The summed E-state index contributed by atoms with van der Waals surface area (Å²) in [6.07, 6.45) is 1.84. The molecule has 3 nitrogen and oxygen atoms in total. The molecule has 0 unspecified atom stereocenters. The number of rotatable bonds is 5. The first-order valence-corrected chi connectivity index (χ1v) is 7.94. The average Bonchev–Trinajstić information content (AvgIpc) is 2.41. The Bertz CT molecular complexity index is 632. The normalized spacial score (nSPS) is 11.0. The molecule has 112 valence electrons. The second kappa shape index (κ2) is 7.25. The third-order valence-corrected chi connectivity index (χ3v) is 3.68. The van der Waals surface area contributed by atoms with Gasteiger partial charge in [-0.3, -0.25) is 4.98 Å². The predicted octanol–water partition coefficient (Wildman–Crippen LogP) is 5.10. The van der Waals surface area contributed by atoms with E-state index in [4.69, 9.17) is 16.3 Å². The van der Waals surface area contributed by atoms with E-state index in [-0.39, 0.29) is 0 Å². The summed E-state index contributed by atoms with van der Waals surface area (Å²) in [7, 11) is 0. The monoisotopic (exact) mass is 368 g/mol. The van der Waals surface area contributed by atoms with Gasteiger partial charge in [0.1, 0.15) is 11.5 Å². The summed E-state index contributed by atoms with van der Waals surface area (Å²) < 4.78 is 6.90. The molecule has 0 radical (unpaired) electrons. The minimum Gasteiger partial charge on any atom is -0.455 e. The molecular formula is C16H18BrClN2O. The number of hydrogen-bond acceptors (Lipinski definition) is 3. The van der Waals surface area contributed by atoms with Crippen LogP contribution in [0.4, 0.5) is 0 Å². The van der Waals surface area contributed by atoms with Crippen molar-refractivity contribution < 1.29 is 4.74 Å². The number of benzene rings is 1. The van der Waals surface area contributed by atoms with Gasteiger partial charge in [0.2, 0.25) is 0 Å². The van der Waals surface area contributed by atoms with Crippen molar-refractivity contribution in [3.05, 3.63) is 51.2 Å². The van der Waals surface area contributed by atoms with Crippen LogP contribution in [0.3, 0.4) is 0 Å². The second-order valence-electron chi connectivity index (χ2n) is 5.15. The number of hydrogen-bond donors (Lipinski definition) is 1. The Hall–Kier alpha value is -1.10. The number of aromatic nitrogens is 1.